The van der Waals surface area contributed by atoms with Gasteiger partial charge in [0.15, 0.2) is 17.5 Å². The van der Waals surface area contributed by atoms with Crippen LogP contribution in [-0.4, -0.2) is 24.1 Å². The smallest absolute Gasteiger partial charge is 0.164 e. The number of para-hydroxylation sites is 2. The van der Waals surface area contributed by atoms with Crippen LogP contribution >= 0.6 is 0 Å². The Morgan fingerprint density at radius 1 is 0.266 bits per heavy atom. The van der Waals surface area contributed by atoms with E-state index in [0.29, 0.717) is 17.5 Å². The van der Waals surface area contributed by atoms with E-state index in [0.717, 1.165) is 28.1 Å². The lowest BCUT2D eigenvalue weighted by atomic mass is 9.93. The fraction of sp³-hybridized carbons (Fsp3) is 0. The summed E-state index contributed by atoms with van der Waals surface area (Å²) in [6.45, 7) is 0. The first-order valence-corrected chi connectivity index (χ1v) is 21.7. The second-order valence-electron chi connectivity index (χ2n) is 16.4. The van der Waals surface area contributed by atoms with Gasteiger partial charge in [0.1, 0.15) is 0 Å². The topological polar surface area (TPSA) is 48.5 Å². The Morgan fingerprint density at radius 3 is 1.47 bits per heavy atom. The Kier molecular flexibility index (Phi) is 8.15. The van der Waals surface area contributed by atoms with Crippen molar-refractivity contribution in [3.8, 4) is 56.7 Å². The fourth-order valence-corrected chi connectivity index (χ4v) is 9.83. The van der Waals surface area contributed by atoms with Crippen LogP contribution in [0.4, 0.5) is 0 Å². The lowest BCUT2D eigenvalue weighted by Gasteiger charge is -2.16. The van der Waals surface area contributed by atoms with Gasteiger partial charge >= 0.3 is 0 Å². The molecule has 0 aliphatic heterocycles. The molecular weight excluding hydrogens is 779 g/mol. The Balaban J connectivity index is 1.08. The molecule has 0 atom stereocenters. The van der Waals surface area contributed by atoms with Crippen LogP contribution in [0.5, 0.6) is 0 Å². The molecule has 0 aliphatic rings. The molecule has 5 nitrogen and oxygen atoms in total. The SMILES string of the molecule is c1ccc(-c2nc(-c3ccccc3)nc(-c3ccc(-n4c5c(-c6ccc7c(c6)c6ccccc6n7-c6ccccc6)c6ccccc6cc5c5ccc6ccccc6c54)cc3)n2)cc1. The van der Waals surface area contributed by atoms with Crippen LogP contribution in [-0.2, 0) is 0 Å². The molecule has 0 aliphatic carbocycles. The van der Waals surface area contributed by atoms with Crippen LogP contribution in [0, 0.1) is 0 Å². The zero-order valence-corrected chi connectivity index (χ0v) is 34.6. The van der Waals surface area contributed by atoms with Gasteiger partial charge in [-0.25, -0.2) is 15.0 Å². The van der Waals surface area contributed by atoms with Gasteiger partial charge in [0.05, 0.1) is 22.1 Å². The third kappa shape index (κ3) is 5.68. The number of hydrogen-bond donors (Lipinski definition) is 0. The average molecular weight is 816 g/mol. The van der Waals surface area contributed by atoms with Gasteiger partial charge in [-0.3, -0.25) is 0 Å². The third-order valence-electron chi connectivity index (χ3n) is 12.7. The molecule has 0 spiro atoms. The van der Waals surface area contributed by atoms with E-state index in [1.54, 1.807) is 0 Å². The molecule has 0 N–H and O–H groups in total. The summed E-state index contributed by atoms with van der Waals surface area (Å²) in [6.07, 6.45) is 0. The van der Waals surface area contributed by atoms with Crippen LogP contribution < -0.4 is 0 Å². The minimum atomic E-state index is 0.626. The molecule has 0 unspecified atom stereocenters. The maximum Gasteiger partial charge on any atom is 0.164 e. The Bertz CT molecular complexity index is 3870. The maximum absolute atomic E-state index is 5.06. The van der Waals surface area contributed by atoms with Crippen LogP contribution in [0.3, 0.4) is 0 Å². The molecule has 3 heterocycles. The third-order valence-corrected chi connectivity index (χ3v) is 12.7. The molecule has 298 valence electrons. The first-order valence-electron chi connectivity index (χ1n) is 21.7. The molecule has 0 fully saturated rings. The lowest BCUT2D eigenvalue weighted by molar-refractivity contribution is 1.07. The highest BCUT2D eigenvalue weighted by molar-refractivity contribution is 6.26. The number of fused-ring (bicyclic) bond motifs is 9. The normalized spacial score (nSPS) is 11.8. The largest absolute Gasteiger partial charge is 0.309 e. The molecular formula is C59H37N5. The van der Waals surface area contributed by atoms with Gasteiger partial charge < -0.3 is 9.13 Å². The van der Waals surface area contributed by atoms with Gasteiger partial charge in [-0.15, -0.1) is 0 Å². The van der Waals surface area contributed by atoms with Gasteiger partial charge in [0.25, 0.3) is 0 Å². The highest BCUT2D eigenvalue weighted by Crippen LogP contribution is 2.46. The van der Waals surface area contributed by atoms with E-state index in [1.807, 2.05) is 60.7 Å². The minimum Gasteiger partial charge on any atom is -0.309 e. The monoisotopic (exact) mass is 815 g/mol. The van der Waals surface area contributed by atoms with Crippen molar-refractivity contribution >= 4 is 65.2 Å². The maximum atomic E-state index is 5.06. The molecule has 13 rings (SSSR count). The van der Waals surface area contributed by atoms with Gasteiger partial charge in [0.2, 0.25) is 0 Å². The lowest BCUT2D eigenvalue weighted by Crippen LogP contribution is -2.01. The summed E-state index contributed by atoms with van der Waals surface area (Å²) in [4.78, 5) is 15.1. The molecule has 64 heavy (non-hydrogen) atoms. The Labute approximate surface area is 368 Å². The predicted octanol–water partition coefficient (Wildman–Crippen LogP) is 15.0. The molecule has 0 saturated heterocycles. The summed E-state index contributed by atoms with van der Waals surface area (Å²) in [5.74, 6) is 1.91. The molecule has 3 aromatic heterocycles. The molecule has 13 aromatic rings. The van der Waals surface area contributed by atoms with Crippen molar-refractivity contribution in [1.29, 1.82) is 0 Å². The molecule has 0 bridgehead atoms. The standard InChI is InChI=1S/C59H37N5/c1-4-17-39(18-5-1)57-60-58(40-19-6-2-7-20-40)62-59(61-57)41-28-32-45(33-29-41)64-55-47-25-13-10-16-38(47)30-34-49(55)51-36-42-21-11-12-24-46(42)54(56(51)64)43-31-35-53-50(37-43)48-26-14-15-27-52(48)63(53)44-22-8-3-9-23-44/h1-37H. The van der Waals surface area contributed by atoms with E-state index in [4.69, 9.17) is 15.0 Å². The van der Waals surface area contributed by atoms with Crippen LogP contribution in [0.2, 0.25) is 0 Å². The summed E-state index contributed by atoms with van der Waals surface area (Å²) >= 11 is 0. The van der Waals surface area contributed by atoms with E-state index in [9.17, 15) is 0 Å². The van der Waals surface area contributed by atoms with Gasteiger partial charge in [-0.1, -0.05) is 164 Å². The quantitative estimate of drug-likeness (QED) is 0.168. The molecule has 0 radical (unpaired) electrons. The van der Waals surface area contributed by atoms with E-state index in [1.165, 1.54) is 76.3 Å². The average Bonchev–Trinajstić information content (AvgIpc) is 3.89. The zero-order valence-electron chi connectivity index (χ0n) is 34.6. The number of hydrogen-bond acceptors (Lipinski definition) is 3. The van der Waals surface area contributed by atoms with Crippen molar-refractivity contribution in [1.82, 2.24) is 24.1 Å². The molecule has 10 aromatic carbocycles. The number of benzene rings is 10. The second-order valence-corrected chi connectivity index (χ2v) is 16.4. The minimum absolute atomic E-state index is 0.626. The zero-order chi connectivity index (χ0) is 42.1. The van der Waals surface area contributed by atoms with Crippen LogP contribution in [0.25, 0.3) is 122 Å². The first kappa shape index (κ1) is 36.0. The summed E-state index contributed by atoms with van der Waals surface area (Å²) in [5, 5.41) is 9.68. The molecule has 5 heteroatoms. The highest BCUT2D eigenvalue weighted by atomic mass is 15.0. The first-order chi connectivity index (χ1) is 31.7. The van der Waals surface area contributed by atoms with E-state index in [2.05, 4.69) is 173 Å². The Hall–Kier alpha value is -8.67. The highest BCUT2D eigenvalue weighted by Gasteiger charge is 2.23. The van der Waals surface area contributed by atoms with Gasteiger partial charge in [0, 0.05) is 60.6 Å². The number of nitrogens with zero attached hydrogens (tertiary/aromatic N) is 5. The summed E-state index contributed by atoms with van der Waals surface area (Å²) in [5.41, 5.74) is 12.1. The number of aromatic nitrogens is 5. The second kappa shape index (κ2) is 14.5. The summed E-state index contributed by atoms with van der Waals surface area (Å²) in [7, 11) is 0. The van der Waals surface area contributed by atoms with Gasteiger partial charge in [-0.05, 0) is 82.4 Å². The summed E-state index contributed by atoms with van der Waals surface area (Å²) in [6, 6.07) is 80.0. The molecule has 0 saturated carbocycles. The van der Waals surface area contributed by atoms with Crippen LogP contribution in [0.1, 0.15) is 0 Å². The number of rotatable bonds is 6. The van der Waals surface area contributed by atoms with Gasteiger partial charge in [-0.2, -0.15) is 0 Å². The molecule has 0 amide bonds. The van der Waals surface area contributed by atoms with Crippen molar-refractivity contribution < 1.29 is 0 Å². The van der Waals surface area contributed by atoms with Crippen LogP contribution in [0.15, 0.2) is 224 Å². The van der Waals surface area contributed by atoms with Crippen molar-refractivity contribution in [3.05, 3.63) is 224 Å². The van der Waals surface area contributed by atoms with Crippen molar-refractivity contribution in [2.75, 3.05) is 0 Å². The van der Waals surface area contributed by atoms with Crippen molar-refractivity contribution in [2.24, 2.45) is 0 Å². The van der Waals surface area contributed by atoms with Crippen molar-refractivity contribution in [3.63, 3.8) is 0 Å². The van der Waals surface area contributed by atoms with E-state index in [-0.39, 0.29) is 0 Å². The Morgan fingerprint density at radius 2 is 0.781 bits per heavy atom. The predicted molar refractivity (Wildman–Crippen MR) is 265 cm³/mol. The fourth-order valence-electron chi connectivity index (χ4n) is 9.83. The van der Waals surface area contributed by atoms with E-state index < -0.39 is 0 Å². The van der Waals surface area contributed by atoms with E-state index >= 15 is 0 Å². The summed E-state index contributed by atoms with van der Waals surface area (Å²) < 4.78 is 4.88. The van der Waals surface area contributed by atoms with Crippen molar-refractivity contribution in [2.45, 2.75) is 0 Å².